The number of hydrogen-bond donors (Lipinski definition) is 0. The van der Waals surface area contributed by atoms with E-state index >= 15 is 0 Å². The first-order valence-electron chi connectivity index (χ1n) is 18.6. The average Bonchev–Trinajstić information content (AvgIpc) is 3.26. The normalized spacial score (nSPS) is 11.4. The van der Waals surface area contributed by atoms with Crippen molar-refractivity contribution in [1.29, 1.82) is 5.26 Å². The molecular formula is C53H36N2. The van der Waals surface area contributed by atoms with Gasteiger partial charge in [0, 0.05) is 22.6 Å². The summed E-state index contributed by atoms with van der Waals surface area (Å²) in [5.74, 6) is 0. The largest absolute Gasteiger partial charge is 0.311 e. The molecule has 0 saturated heterocycles. The highest BCUT2D eigenvalue weighted by Crippen LogP contribution is 2.44. The molecule has 0 saturated carbocycles. The van der Waals surface area contributed by atoms with Crippen LogP contribution in [0, 0.1) is 11.3 Å². The molecule has 2 heteroatoms. The number of rotatable bonds is 8. The molecular weight excluding hydrogens is 665 g/mol. The molecule has 0 unspecified atom stereocenters. The fourth-order valence-electron chi connectivity index (χ4n) is 7.79. The van der Waals surface area contributed by atoms with Crippen molar-refractivity contribution in [3.63, 3.8) is 0 Å². The fourth-order valence-corrected chi connectivity index (χ4v) is 7.79. The third-order valence-electron chi connectivity index (χ3n) is 10.3. The van der Waals surface area contributed by atoms with Crippen LogP contribution >= 0.6 is 0 Å². The lowest BCUT2D eigenvalue weighted by atomic mass is 9.85. The van der Waals surface area contributed by atoms with Crippen LogP contribution < -0.4 is 4.90 Å². The van der Waals surface area contributed by atoms with Gasteiger partial charge in [0.2, 0.25) is 0 Å². The first-order valence-corrected chi connectivity index (χ1v) is 18.6. The van der Waals surface area contributed by atoms with E-state index in [4.69, 9.17) is 0 Å². The smallest absolute Gasteiger partial charge is 0.0998 e. The minimum Gasteiger partial charge on any atom is -0.311 e. The summed E-state index contributed by atoms with van der Waals surface area (Å²) in [6, 6.07) is 77.0. The van der Waals surface area contributed by atoms with E-state index in [1.165, 1.54) is 38.2 Å². The molecule has 0 radical (unpaired) electrons. The molecule has 0 heterocycles. The Balaban J connectivity index is 1.15. The van der Waals surface area contributed by atoms with E-state index in [0.29, 0.717) is 5.56 Å². The van der Waals surface area contributed by atoms with Crippen molar-refractivity contribution in [2.24, 2.45) is 0 Å². The molecule has 9 rings (SSSR count). The molecule has 0 N–H and O–H groups in total. The molecule has 0 aliphatic carbocycles. The van der Waals surface area contributed by atoms with Crippen LogP contribution in [0.4, 0.5) is 17.1 Å². The second-order valence-electron chi connectivity index (χ2n) is 13.6. The van der Waals surface area contributed by atoms with E-state index in [0.717, 1.165) is 44.9 Å². The lowest BCUT2D eigenvalue weighted by Gasteiger charge is -2.25. The lowest BCUT2D eigenvalue weighted by molar-refractivity contribution is 1.28. The van der Waals surface area contributed by atoms with Gasteiger partial charge in [0.25, 0.3) is 0 Å². The first-order chi connectivity index (χ1) is 27.3. The van der Waals surface area contributed by atoms with Crippen molar-refractivity contribution < 1.29 is 0 Å². The Labute approximate surface area is 322 Å². The van der Waals surface area contributed by atoms with Gasteiger partial charge in [0.1, 0.15) is 0 Å². The van der Waals surface area contributed by atoms with Gasteiger partial charge in [-0.3, -0.25) is 0 Å². The van der Waals surface area contributed by atoms with Gasteiger partial charge in [-0.05, 0) is 109 Å². The van der Waals surface area contributed by atoms with E-state index in [9.17, 15) is 5.26 Å². The molecule has 0 spiro atoms. The Hall–Kier alpha value is -7.47. The van der Waals surface area contributed by atoms with Crippen molar-refractivity contribution in [3.8, 4) is 28.3 Å². The van der Waals surface area contributed by atoms with Gasteiger partial charge in [-0.2, -0.15) is 5.26 Å². The number of hydrogen-bond acceptors (Lipinski definition) is 2. The van der Waals surface area contributed by atoms with Crippen molar-refractivity contribution in [1.82, 2.24) is 0 Å². The van der Waals surface area contributed by atoms with Crippen LogP contribution in [-0.2, 0) is 0 Å². The summed E-state index contributed by atoms with van der Waals surface area (Å²) in [4.78, 5) is 2.30. The highest BCUT2D eigenvalue weighted by molar-refractivity contribution is 6.21. The number of benzene rings is 9. The van der Waals surface area contributed by atoms with Crippen LogP contribution in [0.3, 0.4) is 0 Å². The molecule has 0 fully saturated rings. The van der Waals surface area contributed by atoms with Gasteiger partial charge in [-0.15, -0.1) is 0 Å². The quantitative estimate of drug-likeness (QED) is 0.117. The minimum atomic E-state index is 0.659. The Kier molecular flexibility index (Phi) is 9.02. The summed E-state index contributed by atoms with van der Waals surface area (Å²) in [7, 11) is 0. The van der Waals surface area contributed by atoms with Crippen molar-refractivity contribution >= 4 is 50.3 Å². The third kappa shape index (κ3) is 6.46. The van der Waals surface area contributed by atoms with Crippen molar-refractivity contribution in [2.75, 3.05) is 4.90 Å². The Morgan fingerprint density at radius 2 is 0.800 bits per heavy atom. The van der Waals surface area contributed by atoms with Crippen molar-refractivity contribution in [3.05, 3.63) is 235 Å². The van der Waals surface area contributed by atoms with Gasteiger partial charge < -0.3 is 4.90 Å². The standard InChI is InChI=1S/C53H36N2/c54-37-42-18-10-11-23-46(42)51(39-16-4-1-5-17-39)36-38-28-30-40(31-29-38)52-47-24-12-14-26-49(47)53(50-27-15-13-25-48(50)52)41-32-34-45(35-33-41)55(43-19-6-2-7-20-43)44-21-8-3-9-22-44/h1-36H. The maximum absolute atomic E-state index is 9.95. The monoisotopic (exact) mass is 700 g/mol. The van der Waals surface area contributed by atoms with Crippen molar-refractivity contribution in [2.45, 2.75) is 0 Å². The zero-order chi connectivity index (χ0) is 37.0. The Morgan fingerprint density at radius 1 is 0.400 bits per heavy atom. The van der Waals surface area contributed by atoms with Crippen LogP contribution in [0.2, 0.25) is 0 Å². The summed E-state index contributed by atoms with van der Waals surface area (Å²) < 4.78 is 0. The zero-order valence-electron chi connectivity index (χ0n) is 30.2. The maximum atomic E-state index is 9.95. The number of anilines is 3. The first kappa shape index (κ1) is 33.4. The molecule has 55 heavy (non-hydrogen) atoms. The Morgan fingerprint density at radius 3 is 1.29 bits per heavy atom. The number of fused-ring (bicyclic) bond motifs is 2. The van der Waals surface area contributed by atoms with Gasteiger partial charge in [-0.1, -0.05) is 170 Å². The van der Waals surface area contributed by atoms with E-state index in [1.807, 2.05) is 42.5 Å². The second kappa shape index (κ2) is 14.9. The van der Waals surface area contributed by atoms with Crippen LogP contribution in [-0.4, -0.2) is 0 Å². The SMILES string of the molecule is N#Cc1ccccc1C(=Cc1ccc(-c2c3ccccc3c(-c3ccc(N(c4ccccc4)c4ccccc4)cc3)c3ccccc23)cc1)c1ccccc1. The van der Waals surface area contributed by atoms with Gasteiger partial charge >= 0.3 is 0 Å². The minimum absolute atomic E-state index is 0.659. The highest BCUT2D eigenvalue weighted by atomic mass is 15.1. The topological polar surface area (TPSA) is 27.0 Å². The zero-order valence-corrected chi connectivity index (χ0v) is 30.2. The van der Waals surface area contributed by atoms with Crippen LogP contribution in [0.25, 0.3) is 55.4 Å². The summed E-state index contributed by atoms with van der Waals surface area (Å²) in [5.41, 5.74) is 12.9. The van der Waals surface area contributed by atoms with E-state index in [1.54, 1.807) is 0 Å². The van der Waals surface area contributed by atoms with Crippen LogP contribution in [0.5, 0.6) is 0 Å². The molecule has 0 aliphatic heterocycles. The maximum Gasteiger partial charge on any atom is 0.0998 e. The fraction of sp³-hybridized carbons (Fsp3) is 0. The highest BCUT2D eigenvalue weighted by Gasteiger charge is 2.18. The summed E-state index contributed by atoms with van der Waals surface area (Å²) in [6.45, 7) is 0. The predicted molar refractivity (Wildman–Crippen MR) is 232 cm³/mol. The molecule has 0 atom stereocenters. The van der Waals surface area contributed by atoms with Gasteiger partial charge in [0.05, 0.1) is 11.6 Å². The molecule has 9 aromatic rings. The summed E-state index contributed by atoms with van der Waals surface area (Å²) in [6.07, 6.45) is 2.19. The average molecular weight is 701 g/mol. The third-order valence-corrected chi connectivity index (χ3v) is 10.3. The van der Waals surface area contributed by atoms with Crippen LogP contribution in [0.15, 0.2) is 212 Å². The predicted octanol–water partition coefficient (Wildman–Crippen LogP) is 14.3. The molecule has 0 bridgehead atoms. The molecule has 0 aliphatic rings. The van der Waals surface area contributed by atoms with E-state index in [-0.39, 0.29) is 0 Å². The molecule has 9 aromatic carbocycles. The summed E-state index contributed by atoms with van der Waals surface area (Å²) in [5, 5.41) is 14.8. The Bertz CT molecular complexity index is 2740. The van der Waals surface area contributed by atoms with E-state index < -0.39 is 0 Å². The second-order valence-corrected chi connectivity index (χ2v) is 13.6. The lowest BCUT2D eigenvalue weighted by Crippen LogP contribution is -2.09. The van der Waals surface area contributed by atoms with Gasteiger partial charge in [-0.25, -0.2) is 0 Å². The number of para-hydroxylation sites is 2. The number of nitrogens with zero attached hydrogens (tertiary/aromatic N) is 2. The van der Waals surface area contributed by atoms with E-state index in [2.05, 4.69) is 187 Å². The number of nitriles is 1. The molecule has 0 amide bonds. The molecule has 258 valence electrons. The van der Waals surface area contributed by atoms with Gasteiger partial charge in [0.15, 0.2) is 0 Å². The molecule has 0 aromatic heterocycles. The molecule has 2 nitrogen and oxygen atoms in total. The van der Waals surface area contributed by atoms with Crippen LogP contribution in [0.1, 0.15) is 22.3 Å². The summed E-state index contributed by atoms with van der Waals surface area (Å²) >= 11 is 0.